The Morgan fingerprint density at radius 1 is 0.783 bits per heavy atom. The molecule has 0 spiro atoms. The highest BCUT2D eigenvalue weighted by Gasteiger charge is 2.11. The van der Waals surface area contributed by atoms with Crippen molar-refractivity contribution < 1.29 is 4.74 Å². The van der Waals surface area contributed by atoms with Gasteiger partial charge in [0, 0.05) is 5.56 Å². The van der Waals surface area contributed by atoms with Gasteiger partial charge in [0.1, 0.15) is 5.75 Å². The number of benzene rings is 2. The maximum Gasteiger partial charge on any atom is 0.126 e. The zero-order valence-electron chi connectivity index (χ0n) is 15.4. The molecule has 1 heteroatoms. The van der Waals surface area contributed by atoms with Crippen molar-refractivity contribution in [3.63, 3.8) is 0 Å². The Labute approximate surface area is 141 Å². The van der Waals surface area contributed by atoms with Crippen LogP contribution in [0.3, 0.4) is 0 Å². The molecule has 0 atom stereocenters. The van der Waals surface area contributed by atoms with Crippen LogP contribution >= 0.6 is 0 Å². The minimum absolute atomic E-state index is 0.655. The first-order valence-electron chi connectivity index (χ1n) is 8.67. The van der Waals surface area contributed by atoms with E-state index in [0.717, 1.165) is 18.6 Å². The van der Waals surface area contributed by atoms with Crippen molar-refractivity contribution in [1.82, 2.24) is 0 Å². The highest BCUT2D eigenvalue weighted by Crippen LogP contribution is 2.34. The van der Waals surface area contributed by atoms with E-state index in [1.165, 1.54) is 27.8 Å². The maximum atomic E-state index is 5.67. The van der Waals surface area contributed by atoms with Crippen LogP contribution in [-0.4, -0.2) is 7.11 Å². The number of ether oxygens (including phenoxy) is 1. The lowest BCUT2D eigenvalue weighted by molar-refractivity contribution is 0.415. The van der Waals surface area contributed by atoms with E-state index >= 15 is 0 Å². The summed E-state index contributed by atoms with van der Waals surface area (Å²) in [6.07, 6.45) is 2.22. The van der Waals surface area contributed by atoms with Crippen molar-refractivity contribution in [2.45, 2.75) is 47.5 Å². The molecule has 0 unspecified atom stereocenters. The summed E-state index contributed by atoms with van der Waals surface area (Å²) >= 11 is 0. The summed E-state index contributed by atoms with van der Waals surface area (Å²) in [7, 11) is 1.76. The highest BCUT2D eigenvalue weighted by atomic mass is 16.5. The van der Waals surface area contributed by atoms with Crippen LogP contribution in [0.25, 0.3) is 11.1 Å². The third kappa shape index (κ3) is 4.60. The lowest BCUT2D eigenvalue weighted by Crippen LogP contribution is -1.98. The van der Waals surface area contributed by atoms with Crippen LogP contribution in [0, 0.1) is 18.8 Å². The summed E-state index contributed by atoms with van der Waals surface area (Å²) in [5.74, 6) is 2.32. The number of rotatable bonds is 6. The Morgan fingerprint density at radius 2 is 1.30 bits per heavy atom. The monoisotopic (exact) mass is 310 g/mol. The summed E-state index contributed by atoms with van der Waals surface area (Å²) < 4.78 is 5.67. The average molecular weight is 310 g/mol. The third-order valence-electron chi connectivity index (χ3n) is 4.13. The van der Waals surface area contributed by atoms with Crippen LogP contribution < -0.4 is 4.74 Å². The average Bonchev–Trinajstić information content (AvgIpc) is 2.46. The van der Waals surface area contributed by atoms with Crippen LogP contribution in [0.15, 0.2) is 36.4 Å². The molecule has 0 radical (unpaired) electrons. The van der Waals surface area contributed by atoms with Crippen LogP contribution in [0.1, 0.15) is 44.4 Å². The fourth-order valence-electron chi connectivity index (χ4n) is 3.18. The molecular weight excluding hydrogens is 280 g/mol. The standard InChI is InChI=1S/C22H30O/c1-15(2)11-18-7-9-20(17(5)13-18)21-10-8-19(12-16(3)4)14-22(21)23-6/h7-10,13-16H,11-12H2,1-6H3. The van der Waals surface area contributed by atoms with E-state index in [1.54, 1.807) is 7.11 Å². The van der Waals surface area contributed by atoms with Crippen molar-refractivity contribution in [2.24, 2.45) is 11.8 Å². The zero-order valence-corrected chi connectivity index (χ0v) is 15.4. The van der Waals surface area contributed by atoms with Gasteiger partial charge in [-0.25, -0.2) is 0 Å². The summed E-state index contributed by atoms with van der Waals surface area (Å²) in [6.45, 7) is 11.2. The molecular formula is C22H30O. The molecule has 1 nitrogen and oxygen atoms in total. The van der Waals surface area contributed by atoms with Gasteiger partial charge in [0.2, 0.25) is 0 Å². The molecule has 2 rings (SSSR count). The summed E-state index contributed by atoms with van der Waals surface area (Å²) in [6, 6.07) is 13.4. The molecule has 2 aromatic carbocycles. The smallest absolute Gasteiger partial charge is 0.126 e. The maximum absolute atomic E-state index is 5.67. The van der Waals surface area contributed by atoms with Crippen LogP contribution in [0.4, 0.5) is 0 Å². The molecule has 0 aliphatic carbocycles. The van der Waals surface area contributed by atoms with Crippen molar-refractivity contribution >= 4 is 0 Å². The zero-order chi connectivity index (χ0) is 17.0. The number of aryl methyl sites for hydroxylation is 1. The first-order chi connectivity index (χ1) is 10.9. The normalized spacial score (nSPS) is 11.3. The topological polar surface area (TPSA) is 9.23 Å². The Hall–Kier alpha value is -1.76. The third-order valence-corrected chi connectivity index (χ3v) is 4.13. The lowest BCUT2D eigenvalue weighted by Gasteiger charge is -2.15. The van der Waals surface area contributed by atoms with Crippen molar-refractivity contribution in [1.29, 1.82) is 0 Å². The van der Waals surface area contributed by atoms with E-state index < -0.39 is 0 Å². The Morgan fingerprint density at radius 3 is 1.78 bits per heavy atom. The van der Waals surface area contributed by atoms with E-state index in [0.29, 0.717) is 11.8 Å². The molecule has 0 bridgehead atoms. The van der Waals surface area contributed by atoms with Gasteiger partial charge >= 0.3 is 0 Å². The second kappa shape index (κ2) is 7.68. The van der Waals surface area contributed by atoms with Crippen LogP contribution in [0.2, 0.25) is 0 Å². The quantitative estimate of drug-likeness (QED) is 0.629. The predicted molar refractivity (Wildman–Crippen MR) is 100 cm³/mol. The number of hydrogen-bond acceptors (Lipinski definition) is 1. The molecule has 0 aliphatic rings. The molecule has 0 fully saturated rings. The number of hydrogen-bond donors (Lipinski definition) is 0. The Kier molecular flexibility index (Phi) is 5.87. The molecule has 23 heavy (non-hydrogen) atoms. The SMILES string of the molecule is COc1cc(CC(C)C)ccc1-c1ccc(CC(C)C)cc1C. The molecule has 124 valence electrons. The molecule has 0 saturated heterocycles. The van der Waals surface area contributed by atoms with Crippen molar-refractivity contribution in [3.05, 3.63) is 53.1 Å². The molecule has 0 heterocycles. The van der Waals surface area contributed by atoms with Gasteiger partial charge in [-0.3, -0.25) is 0 Å². The van der Waals surface area contributed by atoms with Crippen LogP contribution in [0.5, 0.6) is 5.75 Å². The summed E-state index contributed by atoms with van der Waals surface area (Å²) in [5, 5.41) is 0. The largest absolute Gasteiger partial charge is 0.496 e. The summed E-state index contributed by atoms with van der Waals surface area (Å²) in [5.41, 5.74) is 6.53. The van der Waals surface area contributed by atoms with Crippen molar-refractivity contribution in [2.75, 3.05) is 7.11 Å². The van der Waals surface area contributed by atoms with Gasteiger partial charge in [0.25, 0.3) is 0 Å². The van der Waals surface area contributed by atoms with Gasteiger partial charge in [-0.2, -0.15) is 0 Å². The van der Waals surface area contributed by atoms with Crippen molar-refractivity contribution in [3.8, 4) is 16.9 Å². The van der Waals surface area contributed by atoms with E-state index in [-0.39, 0.29) is 0 Å². The Bertz CT molecular complexity index is 653. The summed E-state index contributed by atoms with van der Waals surface area (Å²) in [4.78, 5) is 0. The lowest BCUT2D eigenvalue weighted by atomic mass is 9.93. The second-order valence-corrected chi connectivity index (χ2v) is 7.38. The van der Waals surface area contributed by atoms with Gasteiger partial charge in [0.05, 0.1) is 7.11 Å². The first-order valence-corrected chi connectivity index (χ1v) is 8.67. The highest BCUT2D eigenvalue weighted by molar-refractivity contribution is 5.74. The van der Waals surface area contributed by atoms with E-state index in [4.69, 9.17) is 4.74 Å². The molecule has 0 aliphatic heterocycles. The molecule has 2 aromatic rings. The molecule has 0 aromatic heterocycles. The van der Waals surface area contributed by atoms with Gasteiger partial charge in [0.15, 0.2) is 0 Å². The minimum atomic E-state index is 0.655. The van der Waals surface area contributed by atoms with Gasteiger partial charge < -0.3 is 4.74 Å². The fraction of sp³-hybridized carbons (Fsp3) is 0.455. The van der Waals surface area contributed by atoms with E-state index in [2.05, 4.69) is 71.0 Å². The molecule has 0 N–H and O–H groups in total. The Balaban J connectivity index is 2.37. The molecule has 0 saturated carbocycles. The van der Waals surface area contributed by atoms with Gasteiger partial charge in [-0.1, -0.05) is 58.0 Å². The van der Waals surface area contributed by atoms with E-state index in [1.807, 2.05) is 0 Å². The second-order valence-electron chi connectivity index (χ2n) is 7.38. The first kappa shape index (κ1) is 17.6. The minimum Gasteiger partial charge on any atom is -0.496 e. The number of methoxy groups -OCH3 is 1. The van der Waals surface area contributed by atoms with Gasteiger partial charge in [-0.15, -0.1) is 0 Å². The van der Waals surface area contributed by atoms with Crippen LogP contribution in [-0.2, 0) is 12.8 Å². The van der Waals surface area contributed by atoms with Gasteiger partial charge in [-0.05, 0) is 59.9 Å². The van der Waals surface area contributed by atoms with E-state index in [9.17, 15) is 0 Å². The predicted octanol–water partition coefficient (Wildman–Crippen LogP) is 6.07. The molecule has 0 amide bonds. The fourth-order valence-corrected chi connectivity index (χ4v) is 3.18.